The monoisotopic (exact) mass is 506 g/mol. The SMILES string of the molecule is CC(=O)N1C(=O)C2(c3ccccc31)C(c1ccco1)C1(C(=O)N(C(C)=O)c3ccccc31)C2c1ccco1. The molecule has 1 fully saturated rings. The van der Waals surface area contributed by atoms with Gasteiger partial charge in [0.15, 0.2) is 0 Å². The maximum atomic E-state index is 14.6. The predicted octanol–water partition coefficient (Wildman–Crippen LogP) is 4.42. The number of fused-ring (bicyclic) bond motifs is 4. The molecule has 2 aromatic heterocycles. The van der Waals surface area contributed by atoms with Crippen molar-refractivity contribution in [3.05, 3.63) is 108 Å². The first kappa shape index (κ1) is 22.5. The van der Waals surface area contributed by atoms with E-state index in [9.17, 15) is 19.2 Å². The lowest BCUT2D eigenvalue weighted by Crippen LogP contribution is -2.72. The van der Waals surface area contributed by atoms with Crippen LogP contribution in [-0.2, 0) is 30.0 Å². The number of hydrogen-bond donors (Lipinski definition) is 0. The minimum Gasteiger partial charge on any atom is -0.469 e. The summed E-state index contributed by atoms with van der Waals surface area (Å²) in [7, 11) is 0. The molecule has 0 bridgehead atoms. The lowest BCUT2D eigenvalue weighted by Gasteiger charge is -2.62. The van der Waals surface area contributed by atoms with Gasteiger partial charge in [0, 0.05) is 13.8 Å². The number of imide groups is 2. The summed E-state index contributed by atoms with van der Waals surface area (Å²) in [6.07, 6.45) is 3.00. The molecule has 4 heterocycles. The smallest absolute Gasteiger partial charge is 0.246 e. The first-order valence-corrected chi connectivity index (χ1v) is 12.3. The molecule has 38 heavy (non-hydrogen) atoms. The van der Waals surface area contributed by atoms with Gasteiger partial charge in [0.05, 0.1) is 46.6 Å². The highest BCUT2D eigenvalue weighted by atomic mass is 16.3. The van der Waals surface area contributed by atoms with Crippen LogP contribution < -0.4 is 9.80 Å². The molecule has 1 saturated carbocycles. The molecule has 3 aliphatic rings. The van der Waals surface area contributed by atoms with Gasteiger partial charge in [-0.1, -0.05) is 36.4 Å². The van der Waals surface area contributed by atoms with Crippen LogP contribution in [0, 0.1) is 0 Å². The van der Waals surface area contributed by atoms with E-state index in [-0.39, 0.29) is 0 Å². The lowest BCUT2D eigenvalue weighted by atomic mass is 9.34. The Bertz CT molecular complexity index is 1520. The van der Waals surface area contributed by atoms with Crippen LogP contribution >= 0.6 is 0 Å². The normalized spacial score (nSPS) is 27.1. The molecule has 0 atom stereocenters. The number of carbonyl (C=O) groups excluding carboxylic acids is 4. The number of benzene rings is 2. The summed E-state index contributed by atoms with van der Waals surface area (Å²) in [5, 5.41) is 0. The highest BCUT2D eigenvalue weighted by Gasteiger charge is 2.85. The zero-order valence-corrected chi connectivity index (χ0v) is 20.6. The lowest BCUT2D eigenvalue weighted by molar-refractivity contribution is -0.146. The Morgan fingerprint density at radius 3 is 1.37 bits per heavy atom. The summed E-state index contributed by atoms with van der Waals surface area (Å²) in [6, 6.07) is 21.2. The van der Waals surface area contributed by atoms with Crippen molar-refractivity contribution in [1.82, 2.24) is 0 Å². The molecule has 0 saturated heterocycles. The van der Waals surface area contributed by atoms with Gasteiger partial charge < -0.3 is 8.83 Å². The van der Waals surface area contributed by atoms with Crippen LogP contribution in [0.15, 0.2) is 94.2 Å². The third-order valence-electron chi connectivity index (χ3n) is 8.40. The van der Waals surface area contributed by atoms with Gasteiger partial charge in [-0.15, -0.1) is 0 Å². The zero-order chi connectivity index (χ0) is 26.4. The quantitative estimate of drug-likeness (QED) is 0.399. The van der Waals surface area contributed by atoms with Crippen LogP contribution in [0.5, 0.6) is 0 Å². The predicted molar refractivity (Wildman–Crippen MR) is 135 cm³/mol. The number of amides is 4. The van der Waals surface area contributed by atoms with Gasteiger partial charge in [-0.25, -0.2) is 9.80 Å². The number of anilines is 2. The van der Waals surface area contributed by atoms with E-state index in [1.54, 1.807) is 48.5 Å². The van der Waals surface area contributed by atoms with Crippen LogP contribution in [0.4, 0.5) is 11.4 Å². The van der Waals surface area contributed by atoms with Crippen molar-refractivity contribution in [2.24, 2.45) is 0 Å². The van der Waals surface area contributed by atoms with Gasteiger partial charge in [0.2, 0.25) is 23.6 Å². The van der Waals surface area contributed by atoms with Crippen molar-refractivity contribution < 1.29 is 28.0 Å². The largest absolute Gasteiger partial charge is 0.469 e. The van der Waals surface area contributed by atoms with E-state index in [1.807, 2.05) is 24.3 Å². The van der Waals surface area contributed by atoms with Crippen LogP contribution in [0.25, 0.3) is 0 Å². The second kappa shape index (κ2) is 7.41. The van der Waals surface area contributed by atoms with Crippen LogP contribution in [0.3, 0.4) is 0 Å². The van der Waals surface area contributed by atoms with Gasteiger partial charge in [0.25, 0.3) is 0 Å². The molecule has 0 unspecified atom stereocenters. The van der Waals surface area contributed by atoms with Crippen molar-refractivity contribution in [1.29, 1.82) is 0 Å². The van der Waals surface area contributed by atoms with E-state index >= 15 is 0 Å². The zero-order valence-electron chi connectivity index (χ0n) is 20.6. The Labute approximate surface area is 217 Å². The van der Waals surface area contributed by atoms with Crippen molar-refractivity contribution in [3.8, 4) is 0 Å². The number of furan rings is 2. The molecule has 4 aromatic rings. The number of nitrogens with zero attached hydrogens (tertiary/aromatic N) is 2. The summed E-state index contributed by atoms with van der Waals surface area (Å²) < 4.78 is 11.9. The third-order valence-corrected chi connectivity index (χ3v) is 8.40. The summed E-state index contributed by atoms with van der Waals surface area (Å²) in [5.41, 5.74) is -0.660. The molecule has 8 nitrogen and oxygen atoms in total. The van der Waals surface area contributed by atoms with E-state index in [2.05, 4.69) is 0 Å². The minimum atomic E-state index is -1.41. The molecule has 2 aromatic carbocycles. The van der Waals surface area contributed by atoms with Crippen LogP contribution in [0.2, 0.25) is 0 Å². The van der Waals surface area contributed by atoms with Crippen molar-refractivity contribution >= 4 is 35.0 Å². The Balaban J connectivity index is 1.63. The minimum absolute atomic E-state index is 0.412. The van der Waals surface area contributed by atoms with Crippen molar-refractivity contribution in [3.63, 3.8) is 0 Å². The molecular weight excluding hydrogens is 484 g/mol. The Hall–Kier alpha value is -4.72. The molecule has 2 spiro atoms. The fourth-order valence-corrected chi connectivity index (χ4v) is 7.36. The van der Waals surface area contributed by atoms with Crippen molar-refractivity contribution in [2.75, 3.05) is 9.80 Å². The van der Waals surface area contributed by atoms with Crippen LogP contribution in [0.1, 0.15) is 48.3 Å². The number of para-hydroxylation sites is 2. The number of carbonyl (C=O) groups is 4. The Morgan fingerprint density at radius 1 is 0.632 bits per heavy atom. The molecular formula is C30H22N2O6. The summed E-state index contributed by atoms with van der Waals surface area (Å²) in [6.45, 7) is 2.69. The van der Waals surface area contributed by atoms with E-state index in [0.717, 1.165) is 0 Å². The van der Waals surface area contributed by atoms with Gasteiger partial charge in [0.1, 0.15) is 11.5 Å². The molecule has 0 radical (unpaired) electrons. The van der Waals surface area contributed by atoms with E-state index in [0.29, 0.717) is 34.0 Å². The van der Waals surface area contributed by atoms with Crippen LogP contribution in [-0.4, -0.2) is 23.6 Å². The third kappa shape index (κ3) is 2.32. The molecule has 0 N–H and O–H groups in total. The maximum Gasteiger partial charge on any atom is 0.246 e. The molecule has 7 rings (SSSR count). The van der Waals surface area contributed by atoms with Crippen molar-refractivity contribution in [2.45, 2.75) is 36.5 Å². The number of rotatable bonds is 2. The average molecular weight is 507 g/mol. The summed E-state index contributed by atoms with van der Waals surface area (Å²) >= 11 is 0. The Morgan fingerprint density at radius 2 is 1.03 bits per heavy atom. The molecule has 188 valence electrons. The van der Waals surface area contributed by atoms with Gasteiger partial charge >= 0.3 is 0 Å². The van der Waals surface area contributed by atoms with Gasteiger partial charge in [-0.2, -0.15) is 0 Å². The second-order valence-electron chi connectivity index (χ2n) is 9.99. The topological polar surface area (TPSA) is 101 Å². The number of hydrogen-bond acceptors (Lipinski definition) is 6. The summed E-state index contributed by atoms with van der Waals surface area (Å²) in [4.78, 5) is 57.4. The molecule has 1 aliphatic carbocycles. The second-order valence-corrected chi connectivity index (χ2v) is 9.99. The highest BCUT2D eigenvalue weighted by Crippen LogP contribution is 2.78. The van der Waals surface area contributed by atoms with E-state index in [1.165, 1.54) is 36.2 Å². The Kier molecular flexibility index (Phi) is 4.38. The highest BCUT2D eigenvalue weighted by molar-refractivity contribution is 6.29. The van der Waals surface area contributed by atoms with E-state index < -0.39 is 46.3 Å². The first-order valence-electron chi connectivity index (χ1n) is 12.3. The fourth-order valence-electron chi connectivity index (χ4n) is 7.36. The molecule has 8 heteroatoms. The molecule has 4 amide bonds. The average Bonchev–Trinajstić information content (AvgIpc) is 3.67. The standard InChI is InChI=1S/C30H22N2O6/c1-17(33)31-21-11-5-3-9-19(21)29(27(31)35)25(23-13-7-15-37-23)30(26(29)24-14-8-16-38-24)20-10-4-6-12-22(20)32(18(2)34)28(30)36/h3-16,25-26H,1-2H3. The maximum absolute atomic E-state index is 14.6. The first-order chi connectivity index (χ1) is 18.4. The summed E-state index contributed by atoms with van der Waals surface area (Å²) in [5.74, 6) is -2.67. The molecule has 2 aliphatic heterocycles. The fraction of sp³-hybridized carbons (Fsp3) is 0.200. The van der Waals surface area contributed by atoms with E-state index in [4.69, 9.17) is 8.83 Å². The van der Waals surface area contributed by atoms with Gasteiger partial charge in [-0.3, -0.25) is 19.2 Å². The van der Waals surface area contributed by atoms with Gasteiger partial charge in [-0.05, 0) is 47.5 Å².